The largest absolute Gasteiger partial charge is 0.313 e. The Morgan fingerprint density at radius 2 is 2.00 bits per heavy atom. The van der Waals surface area contributed by atoms with Crippen LogP contribution < -0.4 is 5.32 Å². The molecule has 0 heterocycles. The summed E-state index contributed by atoms with van der Waals surface area (Å²) in [5, 5.41) is 3.90. The summed E-state index contributed by atoms with van der Waals surface area (Å²) < 4.78 is 13.3. The lowest BCUT2D eigenvalue weighted by Crippen LogP contribution is -2.12. The molecule has 0 saturated heterocycles. The molecule has 0 spiro atoms. The number of hydrogen-bond acceptors (Lipinski definition) is 1. The van der Waals surface area contributed by atoms with E-state index in [4.69, 9.17) is 11.6 Å². The van der Waals surface area contributed by atoms with Gasteiger partial charge in [-0.05, 0) is 47.5 Å². The second-order valence-corrected chi connectivity index (χ2v) is 4.53. The van der Waals surface area contributed by atoms with Gasteiger partial charge in [0, 0.05) is 11.6 Å². The van der Waals surface area contributed by atoms with Crippen molar-refractivity contribution in [3.8, 4) is 11.1 Å². The first-order valence-corrected chi connectivity index (χ1v) is 6.33. The van der Waals surface area contributed by atoms with E-state index in [1.54, 1.807) is 12.1 Å². The third kappa shape index (κ3) is 3.09. The molecule has 18 heavy (non-hydrogen) atoms. The monoisotopic (exact) mass is 263 g/mol. The van der Waals surface area contributed by atoms with Crippen molar-refractivity contribution in [3.63, 3.8) is 0 Å². The zero-order valence-corrected chi connectivity index (χ0v) is 11.0. The molecule has 0 unspecified atom stereocenters. The predicted octanol–water partition coefficient (Wildman–Crippen LogP) is 4.26. The van der Waals surface area contributed by atoms with Gasteiger partial charge in [-0.3, -0.25) is 0 Å². The summed E-state index contributed by atoms with van der Waals surface area (Å²) in [6.07, 6.45) is 0. The van der Waals surface area contributed by atoms with Crippen LogP contribution in [0.4, 0.5) is 4.39 Å². The molecule has 0 atom stereocenters. The average molecular weight is 264 g/mol. The van der Waals surface area contributed by atoms with Crippen molar-refractivity contribution in [2.45, 2.75) is 13.5 Å². The first-order chi connectivity index (χ1) is 8.70. The minimum Gasteiger partial charge on any atom is -0.313 e. The predicted molar refractivity (Wildman–Crippen MR) is 74.2 cm³/mol. The van der Waals surface area contributed by atoms with Crippen molar-refractivity contribution in [3.05, 3.63) is 58.9 Å². The van der Waals surface area contributed by atoms with Crippen LogP contribution in [0.25, 0.3) is 11.1 Å². The molecule has 0 aliphatic rings. The third-order valence-corrected chi connectivity index (χ3v) is 3.00. The van der Waals surface area contributed by atoms with E-state index in [0.29, 0.717) is 11.6 Å². The lowest BCUT2D eigenvalue weighted by molar-refractivity contribution is 0.622. The summed E-state index contributed by atoms with van der Waals surface area (Å²) >= 11 is 5.99. The van der Waals surface area contributed by atoms with E-state index in [-0.39, 0.29) is 5.82 Å². The number of hydrogen-bond donors (Lipinski definition) is 1. The molecule has 0 saturated carbocycles. The smallest absolute Gasteiger partial charge is 0.123 e. The van der Waals surface area contributed by atoms with Crippen LogP contribution in [0.3, 0.4) is 0 Å². The van der Waals surface area contributed by atoms with Gasteiger partial charge in [-0.15, -0.1) is 0 Å². The molecule has 0 radical (unpaired) electrons. The first-order valence-electron chi connectivity index (χ1n) is 5.96. The second-order valence-electron chi connectivity index (χ2n) is 4.09. The van der Waals surface area contributed by atoms with E-state index in [0.717, 1.165) is 23.2 Å². The summed E-state index contributed by atoms with van der Waals surface area (Å²) in [5.41, 5.74) is 2.97. The normalized spacial score (nSPS) is 10.6. The fourth-order valence-electron chi connectivity index (χ4n) is 1.91. The van der Waals surface area contributed by atoms with Gasteiger partial charge in [0.2, 0.25) is 0 Å². The lowest BCUT2D eigenvalue weighted by Gasteiger charge is -2.11. The molecule has 2 rings (SSSR count). The Bertz CT molecular complexity index is 540. The number of benzene rings is 2. The van der Waals surface area contributed by atoms with E-state index >= 15 is 0 Å². The Balaban J connectivity index is 2.42. The highest BCUT2D eigenvalue weighted by molar-refractivity contribution is 6.30. The molecule has 0 aliphatic heterocycles. The maximum atomic E-state index is 13.3. The average Bonchev–Trinajstić information content (AvgIpc) is 2.36. The van der Waals surface area contributed by atoms with Gasteiger partial charge in [0.05, 0.1) is 0 Å². The number of halogens is 2. The molecular formula is C15H15ClFN. The van der Waals surface area contributed by atoms with Gasteiger partial charge >= 0.3 is 0 Å². The van der Waals surface area contributed by atoms with Crippen LogP contribution in [-0.2, 0) is 6.54 Å². The van der Waals surface area contributed by atoms with Gasteiger partial charge in [0.1, 0.15) is 5.82 Å². The van der Waals surface area contributed by atoms with Crippen molar-refractivity contribution in [1.82, 2.24) is 5.32 Å². The van der Waals surface area contributed by atoms with Crippen LogP contribution in [0.5, 0.6) is 0 Å². The molecular weight excluding hydrogens is 249 g/mol. The SMILES string of the molecule is CCNCc1cc(F)ccc1-c1cccc(Cl)c1. The molecule has 2 aromatic rings. The molecule has 2 aromatic carbocycles. The molecule has 0 aromatic heterocycles. The van der Waals surface area contributed by atoms with Crippen LogP contribution in [0, 0.1) is 5.82 Å². The maximum Gasteiger partial charge on any atom is 0.123 e. The third-order valence-electron chi connectivity index (χ3n) is 2.77. The molecule has 0 bridgehead atoms. The Morgan fingerprint density at radius 1 is 1.17 bits per heavy atom. The van der Waals surface area contributed by atoms with Crippen molar-refractivity contribution in [2.24, 2.45) is 0 Å². The molecule has 1 N–H and O–H groups in total. The van der Waals surface area contributed by atoms with Crippen LogP contribution in [0.1, 0.15) is 12.5 Å². The van der Waals surface area contributed by atoms with Crippen molar-refractivity contribution in [1.29, 1.82) is 0 Å². The van der Waals surface area contributed by atoms with E-state index < -0.39 is 0 Å². The highest BCUT2D eigenvalue weighted by Gasteiger charge is 2.06. The topological polar surface area (TPSA) is 12.0 Å². The Hall–Kier alpha value is -1.38. The summed E-state index contributed by atoms with van der Waals surface area (Å²) in [4.78, 5) is 0. The molecule has 0 amide bonds. The summed E-state index contributed by atoms with van der Waals surface area (Å²) in [6, 6.07) is 12.5. The highest BCUT2D eigenvalue weighted by atomic mass is 35.5. The van der Waals surface area contributed by atoms with Crippen LogP contribution in [0.2, 0.25) is 5.02 Å². The lowest BCUT2D eigenvalue weighted by atomic mass is 9.99. The van der Waals surface area contributed by atoms with Crippen LogP contribution in [0.15, 0.2) is 42.5 Å². The van der Waals surface area contributed by atoms with Gasteiger partial charge < -0.3 is 5.32 Å². The van der Waals surface area contributed by atoms with Gasteiger partial charge in [-0.25, -0.2) is 4.39 Å². The van der Waals surface area contributed by atoms with E-state index in [2.05, 4.69) is 5.32 Å². The van der Waals surface area contributed by atoms with Gasteiger partial charge in [0.15, 0.2) is 0 Å². The maximum absolute atomic E-state index is 13.3. The van der Waals surface area contributed by atoms with Crippen molar-refractivity contribution in [2.75, 3.05) is 6.54 Å². The molecule has 0 aliphatic carbocycles. The zero-order valence-electron chi connectivity index (χ0n) is 10.2. The fraction of sp³-hybridized carbons (Fsp3) is 0.200. The number of nitrogens with one attached hydrogen (secondary N) is 1. The first kappa shape index (κ1) is 13.1. The fourth-order valence-corrected chi connectivity index (χ4v) is 2.10. The molecule has 0 fully saturated rings. The summed E-state index contributed by atoms with van der Waals surface area (Å²) in [5.74, 6) is -0.214. The van der Waals surface area contributed by atoms with E-state index in [1.807, 2.05) is 31.2 Å². The van der Waals surface area contributed by atoms with Crippen LogP contribution in [-0.4, -0.2) is 6.54 Å². The van der Waals surface area contributed by atoms with Gasteiger partial charge in [-0.2, -0.15) is 0 Å². The Morgan fingerprint density at radius 3 is 2.72 bits per heavy atom. The minimum atomic E-state index is -0.214. The van der Waals surface area contributed by atoms with E-state index in [9.17, 15) is 4.39 Å². The quantitative estimate of drug-likeness (QED) is 0.869. The van der Waals surface area contributed by atoms with E-state index in [1.165, 1.54) is 6.07 Å². The Kier molecular flexibility index (Phi) is 4.34. The zero-order chi connectivity index (χ0) is 13.0. The highest BCUT2D eigenvalue weighted by Crippen LogP contribution is 2.26. The minimum absolute atomic E-state index is 0.214. The molecule has 3 heteroatoms. The molecule has 94 valence electrons. The Labute approximate surface area is 112 Å². The van der Waals surface area contributed by atoms with Crippen LogP contribution >= 0.6 is 11.6 Å². The van der Waals surface area contributed by atoms with Crippen molar-refractivity contribution < 1.29 is 4.39 Å². The van der Waals surface area contributed by atoms with Crippen molar-refractivity contribution >= 4 is 11.6 Å². The standard InChI is InChI=1S/C15H15ClFN/c1-2-18-10-12-9-14(17)6-7-15(12)11-4-3-5-13(16)8-11/h3-9,18H,2,10H2,1H3. The number of rotatable bonds is 4. The summed E-state index contributed by atoms with van der Waals surface area (Å²) in [7, 11) is 0. The van der Waals surface area contributed by atoms with Gasteiger partial charge in [-0.1, -0.05) is 36.7 Å². The second kappa shape index (κ2) is 5.98. The summed E-state index contributed by atoms with van der Waals surface area (Å²) in [6.45, 7) is 3.53. The molecule has 1 nitrogen and oxygen atoms in total. The van der Waals surface area contributed by atoms with Gasteiger partial charge in [0.25, 0.3) is 0 Å².